The lowest BCUT2D eigenvalue weighted by molar-refractivity contribution is 0.214. The molecule has 0 aliphatic carbocycles. The van der Waals surface area contributed by atoms with Gasteiger partial charge in [0.1, 0.15) is 16.9 Å². The number of carbonyl (C=O) groups is 1. The zero-order chi connectivity index (χ0) is 17.8. The fourth-order valence-electron chi connectivity index (χ4n) is 2.65. The van der Waals surface area contributed by atoms with Crippen LogP contribution in [0.15, 0.2) is 42.5 Å². The molecule has 2 amide bonds. The van der Waals surface area contributed by atoms with Crippen molar-refractivity contribution in [2.24, 2.45) is 0 Å². The topological polar surface area (TPSA) is 50.8 Å². The van der Waals surface area contributed by atoms with E-state index in [2.05, 4.69) is 5.32 Å². The van der Waals surface area contributed by atoms with Gasteiger partial charge in [-0.2, -0.15) is 0 Å². The lowest BCUT2D eigenvalue weighted by atomic mass is 10.2. The van der Waals surface area contributed by atoms with E-state index in [0.29, 0.717) is 28.8 Å². The van der Waals surface area contributed by atoms with Gasteiger partial charge in [-0.3, -0.25) is 0 Å². The van der Waals surface area contributed by atoms with Crippen LogP contribution in [0, 0.1) is 0 Å². The fourth-order valence-corrected chi connectivity index (χ4v) is 4.02. The molecule has 1 heterocycles. The summed E-state index contributed by atoms with van der Waals surface area (Å²) in [6.07, 6.45) is 0. The normalized spacial score (nSPS) is 16.6. The molecule has 1 fully saturated rings. The molecule has 1 aliphatic heterocycles. The molecule has 1 N–H and O–H groups in total. The maximum Gasteiger partial charge on any atom is 0.323 e. The molecule has 2 aromatic rings. The highest BCUT2D eigenvalue weighted by Crippen LogP contribution is 2.40. The van der Waals surface area contributed by atoms with Gasteiger partial charge in [0.15, 0.2) is 0 Å². The van der Waals surface area contributed by atoms with Crippen LogP contribution < -0.4 is 14.8 Å². The summed E-state index contributed by atoms with van der Waals surface area (Å²) in [5.41, 5.74) is 1.69. The van der Waals surface area contributed by atoms with Gasteiger partial charge in [-0.1, -0.05) is 11.6 Å². The van der Waals surface area contributed by atoms with Crippen molar-refractivity contribution in [2.75, 3.05) is 31.8 Å². The molecule has 7 heteroatoms. The van der Waals surface area contributed by atoms with Gasteiger partial charge in [0, 0.05) is 29.1 Å². The molecule has 1 atom stereocenters. The molecule has 132 valence electrons. The maximum atomic E-state index is 12.7. The molecule has 0 bridgehead atoms. The van der Waals surface area contributed by atoms with Crippen molar-refractivity contribution in [1.29, 1.82) is 0 Å². The summed E-state index contributed by atoms with van der Waals surface area (Å²) in [7, 11) is 3.23. The van der Waals surface area contributed by atoms with Crippen LogP contribution in [-0.2, 0) is 0 Å². The van der Waals surface area contributed by atoms with Crippen LogP contribution in [0.5, 0.6) is 11.5 Å². The molecule has 0 radical (unpaired) electrons. The molecular weight excluding hydrogens is 360 g/mol. The Bertz CT molecular complexity index is 732. The molecule has 1 saturated heterocycles. The Hall–Kier alpha value is -2.05. The van der Waals surface area contributed by atoms with Gasteiger partial charge < -0.3 is 19.7 Å². The van der Waals surface area contributed by atoms with Crippen molar-refractivity contribution >= 4 is 35.1 Å². The highest BCUT2D eigenvalue weighted by atomic mass is 35.5. The third-order valence-corrected chi connectivity index (χ3v) is 5.42. The fraction of sp³-hybridized carbons (Fsp3) is 0.278. The highest BCUT2D eigenvalue weighted by Gasteiger charge is 2.31. The van der Waals surface area contributed by atoms with E-state index < -0.39 is 0 Å². The average Bonchev–Trinajstić information content (AvgIpc) is 3.13. The number of methoxy groups -OCH3 is 2. The van der Waals surface area contributed by atoms with Crippen LogP contribution in [0.25, 0.3) is 0 Å². The number of benzene rings is 2. The number of ether oxygens (including phenoxy) is 2. The van der Waals surface area contributed by atoms with Crippen LogP contribution >= 0.6 is 23.4 Å². The highest BCUT2D eigenvalue weighted by molar-refractivity contribution is 7.99. The number of hydrogen-bond donors (Lipinski definition) is 1. The van der Waals surface area contributed by atoms with Gasteiger partial charge in [0.25, 0.3) is 0 Å². The Labute approximate surface area is 156 Å². The van der Waals surface area contributed by atoms with Gasteiger partial charge in [-0.25, -0.2) is 4.79 Å². The van der Waals surface area contributed by atoms with Gasteiger partial charge in [0.2, 0.25) is 0 Å². The second kappa shape index (κ2) is 7.89. The average molecular weight is 379 g/mol. The molecule has 1 aliphatic rings. The number of anilines is 1. The zero-order valence-corrected chi connectivity index (χ0v) is 15.6. The van der Waals surface area contributed by atoms with Crippen molar-refractivity contribution in [2.45, 2.75) is 5.37 Å². The first-order chi connectivity index (χ1) is 12.1. The van der Waals surface area contributed by atoms with Crippen LogP contribution in [0.4, 0.5) is 10.5 Å². The number of nitrogens with zero attached hydrogens (tertiary/aromatic N) is 1. The summed E-state index contributed by atoms with van der Waals surface area (Å²) in [6, 6.07) is 12.6. The molecule has 0 aromatic heterocycles. The number of carbonyl (C=O) groups excluding carboxylic acids is 1. The van der Waals surface area contributed by atoms with Crippen molar-refractivity contribution in [3.8, 4) is 11.5 Å². The van der Waals surface area contributed by atoms with Crippen LogP contribution in [-0.4, -0.2) is 37.4 Å². The summed E-state index contributed by atoms with van der Waals surface area (Å²) in [6.45, 7) is 0.675. The Morgan fingerprint density at radius 2 is 1.80 bits per heavy atom. The van der Waals surface area contributed by atoms with E-state index >= 15 is 0 Å². The lowest BCUT2D eigenvalue weighted by Crippen LogP contribution is -2.34. The molecule has 5 nitrogen and oxygen atoms in total. The predicted molar refractivity (Wildman–Crippen MR) is 102 cm³/mol. The summed E-state index contributed by atoms with van der Waals surface area (Å²) in [5, 5.41) is 3.47. The Balaban J connectivity index is 1.80. The third-order valence-electron chi connectivity index (χ3n) is 3.91. The first-order valence-electron chi connectivity index (χ1n) is 7.78. The summed E-state index contributed by atoms with van der Waals surface area (Å²) in [4.78, 5) is 14.5. The minimum atomic E-state index is -0.140. The van der Waals surface area contributed by atoms with Gasteiger partial charge >= 0.3 is 6.03 Å². The number of thioether (sulfide) groups is 1. The van der Waals surface area contributed by atoms with E-state index in [0.717, 1.165) is 11.3 Å². The van der Waals surface area contributed by atoms with E-state index in [1.165, 1.54) is 0 Å². The molecular formula is C18H19ClN2O3S. The standard InChI is InChI=1S/C18H19ClN2O3S/c1-23-15-9-12(10-16(11-15)24-2)17-21(7-8-25-17)18(22)20-14-5-3-13(19)4-6-14/h3-6,9-11,17H,7-8H2,1-2H3,(H,20,22)/t17-/m1/s1. The second-order valence-corrected chi connectivity index (χ2v) is 7.12. The maximum absolute atomic E-state index is 12.7. The number of amides is 2. The largest absolute Gasteiger partial charge is 0.497 e. The van der Waals surface area contributed by atoms with E-state index in [9.17, 15) is 4.79 Å². The van der Waals surface area contributed by atoms with Gasteiger partial charge in [-0.05, 0) is 42.0 Å². The Morgan fingerprint density at radius 1 is 1.16 bits per heavy atom. The number of nitrogens with one attached hydrogen (secondary N) is 1. The molecule has 2 aromatic carbocycles. The van der Waals surface area contributed by atoms with E-state index in [1.807, 2.05) is 23.1 Å². The predicted octanol–water partition coefficient (Wildman–Crippen LogP) is 4.64. The number of hydrogen-bond acceptors (Lipinski definition) is 4. The quantitative estimate of drug-likeness (QED) is 0.842. The summed E-state index contributed by atoms with van der Waals surface area (Å²) >= 11 is 7.60. The molecule has 0 saturated carbocycles. The first-order valence-corrected chi connectivity index (χ1v) is 9.21. The van der Waals surface area contributed by atoms with E-state index in [-0.39, 0.29) is 11.4 Å². The lowest BCUT2D eigenvalue weighted by Gasteiger charge is -2.25. The SMILES string of the molecule is COc1cc(OC)cc([C@H]2SCCN2C(=O)Nc2ccc(Cl)cc2)c1. The van der Waals surface area contributed by atoms with E-state index in [4.69, 9.17) is 21.1 Å². The van der Waals surface area contributed by atoms with Gasteiger partial charge in [0.05, 0.1) is 14.2 Å². The summed E-state index contributed by atoms with van der Waals surface area (Å²) in [5.74, 6) is 2.29. The number of urea groups is 1. The molecule has 3 rings (SSSR count). The molecule has 0 unspecified atom stereocenters. The van der Waals surface area contributed by atoms with Crippen LogP contribution in [0.2, 0.25) is 5.02 Å². The second-order valence-electron chi connectivity index (χ2n) is 5.50. The monoisotopic (exact) mass is 378 g/mol. The number of rotatable bonds is 4. The summed E-state index contributed by atoms with van der Waals surface area (Å²) < 4.78 is 10.7. The van der Waals surface area contributed by atoms with Crippen molar-refractivity contribution in [1.82, 2.24) is 4.90 Å². The third kappa shape index (κ3) is 4.14. The van der Waals surface area contributed by atoms with Crippen molar-refractivity contribution < 1.29 is 14.3 Å². The van der Waals surface area contributed by atoms with Gasteiger partial charge in [-0.15, -0.1) is 11.8 Å². The van der Waals surface area contributed by atoms with E-state index in [1.54, 1.807) is 50.2 Å². The van der Waals surface area contributed by atoms with Crippen LogP contribution in [0.1, 0.15) is 10.9 Å². The minimum absolute atomic E-state index is 0.0868. The van der Waals surface area contributed by atoms with Crippen molar-refractivity contribution in [3.05, 3.63) is 53.1 Å². The smallest absolute Gasteiger partial charge is 0.323 e. The minimum Gasteiger partial charge on any atom is -0.497 e. The molecule has 0 spiro atoms. The zero-order valence-electron chi connectivity index (χ0n) is 14.0. The Morgan fingerprint density at radius 3 is 2.40 bits per heavy atom. The number of halogens is 1. The van der Waals surface area contributed by atoms with Crippen molar-refractivity contribution in [3.63, 3.8) is 0 Å². The first kappa shape index (κ1) is 17.8. The molecule has 25 heavy (non-hydrogen) atoms. The Kier molecular flexibility index (Phi) is 5.60. The van der Waals surface area contributed by atoms with Crippen LogP contribution in [0.3, 0.4) is 0 Å².